The van der Waals surface area contributed by atoms with E-state index in [1.807, 2.05) is 61.2 Å². The van der Waals surface area contributed by atoms with Gasteiger partial charge in [-0.1, -0.05) is 12.1 Å². The largest absolute Gasteiger partial charge is 0.334 e. The summed E-state index contributed by atoms with van der Waals surface area (Å²) >= 11 is 0. The molecule has 1 N–H and O–H groups in total. The second-order valence-electron chi connectivity index (χ2n) is 5.67. The van der Waals surface area contributed by atoms with Crippen molar-refractivity contribution in [3.8, 4) is 22.6 Å². The van der Waals surface area contributed by atoms with Crippen molar-refractivity contribution in [3.05, 3.63) is 54.1 Å². The summed E-state index contributed by atoms with van der Waals surface area (Å²) < 4.78 is 1.82. The first-order valence-electron chi connectivity index (χ1n) is 7.57. The van der Waals surface area contributed by atoms with Gasteiger partial charge >= 0.3 is 0 Å². The minimum absolute atomic E-state index is 0.287. The summed E-state index contributed by atoms with van der Waals surface area (Å²) in [5.41, 5.74) is 5.07. The number of fused-ring (bicyclic) bond motifs is 1. The molecule has 118 valence electrons. The molecule has 0 spiro atoms. The fourth-order valence-corrected chi connectivity index (χ4v) is 2.83. The van der Waals surface area contributed by atoms with Crippen LogP contribution in [0, 0.1) is 6.92 Å². The second-order valence-corrected chi connectivity index (χ2v) is 5.67. The number of carbonyl (C=O) groups excluding carboxylic acids is 1. The van der Waals surface area contributed by atoms with Gasteiger partial charge in [0.05, 0.1) is 28.8 Å². The van der Waals surface area contributed by atoms with Crippen LogP contribution in [-0.2, 0) is 7.05 Å². The van der Waals surface area contributed by atoms with Crippen molar-refractivity contribution in [2.24, 2.45) is 7.05 Å². The zero-order valence-electron chi connectivity index (χ0n) is 13.3. The number of hydrogen-bond acceptors (Lipinski definition) is 4. The molecule has 24 heavy (non-hydrogen) atoms. The summed E-state index contributed by atoms with van der Waals surface area (Å²) in [5, 5.41) is 5.29. The van der Waals surface area contributed by atoms with E-state index in [-0.39, 0.29) is 5.82 Å². The van der Waals surface area contributed by atoms with Crippen molar-refractivity contribution < 1.29 is 4.79 Å². The molecule has 0 saturated carbocycles. The lowest BCUT2D eigenvalue weighted by Crippen LogP contribution is -1.90. The van der Waals surface area contributed by atoms with Gasteiger partial charge in [-0.3, -0.25) is 14.5 Å². The van der Waals surface area contributed by atoms with E-state index in [9.17, 15) is 4.79 Å². The Morgan fingerprint density at radius 1 is 1.17 bits per heavy atom. The maximum absolute atomic E-state index is 11.2. The molecule has 0 radical (unpaired) electrons. The van der Waals surface area contributed by atoms with E-state index in [0.717, 1.165) is 33.5 Å². The van der Waals surface area contributed by atoms with E-state index < -0.39 is 0 Å². The molecule has 4 rings (SSSR count). The SMILES string of the molecule is Cc1cccc(-c2[nH]c(C=O)nc2-c2ccc3c(cnn3C)c2)n1. The molecule has 0 saturated heterocycles. The molecule has 0 aliphatic rings. The predicted molar refractivity (Wildman–Crippen MR) is 91.7 cm³/mol. The lowest BCUT2D eigenvalue weighted by molar-refractivity contribution is 0.111. The number of benzene rings is 1. The van der Waals surface area contributed by atoms with E-state index in [0.29, 0.717) is 12.0 Å². The van der Waals surface area contributed by atoms with Gasteiger partial charge in [-0.2, -0.15) is 5.10 Å². The molecular weight excluding hydrogens is 302 g/mol. The van der Waals surface area contributed by atoms with Crippen LogP contribution in [-0.4, -0.2) is 31.0 Å². The number of H-pyrrole nitrogens is 1. The van der Waals surface area contributed by atoms with Gasteiger partial charge in [0.25, 0.3) is 0 Å². The summed E-state index contributed by atoms with van der Waals surface area (Å²) in [4.78, 5) is 23.2. The van der Waals surface area contributed by atoms with Crippen LogP contribution >= 0.6 is 0 Å². The molecule has 6 heteroatoms. The first-order chi connectivity index (χ1) is 11.7. The summed E-state index contributed by atoms with van der Waals surface area (Å²) in [7, 11) is 1.91. The smallest absolute Gasteiger partial charge is 0.185 e. The fraction of sp³-hybridized carbons (Fsp3) is 0.111. The van der Waals surface area contributed by atoms with Gasteiger partial charge in [-0.25, -0.2) is 4.98 Å². The monoisotopic (exact) mass is 317 g/mol. The van der Waals surface area contributed by atoms with E-state index in [4.69, 9.17) is 0 Å². The van der Waals surface area contributed by atoms with E-state index in [2.05, 4.69) is 20.1 Å². The molecule has 0 aliphatic heterocycles. The number of nitrogens with one attached hydrogen (secondary N) is 1. The minimum Gasteiger partial charge on any atom is -0.334 e. The molecular formula is C18H15N5O. The number of aromatic nitrogens is 5. The fourth-order valence-electron chi connectivity index (χ4n) is 2.83. The molecule has 0 amide bonds. The highest BCUT2D eigenvalue weighted by Crippen LogP contribution is 2.30. The average Bonchev–Trinajstić information content (AvgIpc) is 3.19. The van der Waals surface area contributed by atoms with Crippen molar-refractivity contribution >= 4 is 17.2 Å². The highest BCUT2D eigenvalue weighted by atomic mass is 16.1. The number of nitrogens with zero attached hydrogens (tertiary/aromatic N) is 4. The Hall–Kier alpha value is -3.28. The van der Waals surface area contributed by atoms with Crippen LogP contribution in [0.5, 0.6) is 0 Å². The number of aromatic amines is 1. The first kappa shape index (κ1) is 14.3. The maximum atomic E-state index is 11.2. The third-order valence-electron chi connectivity index (χ3n) is 4.00. The zero-order valence-corrected chi connectivity index (χ0v) is 13.3. The van der Waals surface area contributed by atoms with Gasteiger partial charge in [0.15, 0.2) is 12.1 Å². The first-order valence-corrected chi connectivity index (χ1v) is 7.57. The molecule has 4 aromatic rings. The lowest BCUT2D eigenvalue weighted by Gasteiger charge is -2.04. The lowest BCUT2D eigenvalue weighted by atomic mass is 10.1. The number of aldehydes is 1. The van der Waals surface area contributed by atoms with Crippen LogP contribution < -0.4 is 0 Å². The predicted octanol–water partition coefficient (Wildman–Crippen LogP) is 3.15. The Bertz CT molecular complexity index is 1060. The number of hydrogen-bond donors (Lipinski definition) is 1. The Morgan fingerprint density at radius 3 is 2.83 bits per heavy atom. The summed E-state index contributed by atoms with van der Waals surface area (Å²) in [5.74, 6) is 0.287. The van der Waals surface area contributed by atoms with Crippen LogP contribution in [0.25, 0.3) is 33.5 Å². The third-order valence-corrected chi connectivity index (χ3v) is 4.00. The van der Waals surface area contributed by atoms with Crippen molar-refractivity contribution in [3.63, 3.8) is 0 Å². The van der Waals surface area contributed by atoms with Crippen molar-refractivity contribution in [2.75, 3.05) is 0 Å². The minimum atomic E-state index is 0.287. The van der Waals surface area contributed by atoms with Gasteiger partial charge in [0, 0.05) is 23.7 Å². The standard InChI is InChI=1S/C18H15N5O/c1-11-4-3-5-14(20-11)18-17(21-16(10-24)22-18)12-6-7-15-13(8-12)9-19-23(15)2/h3-10H,1-2H3,(H,21,22). The zero-order chi connectivity index (χ0) is 16.7. The Balaban J connectivity index is 1.92. The van der Waals surface area contributed by atoms with Crippen LogP contribution in [0.15, 0.2) is 42.6 Å². The topological polar surface area (TPSA) is 76.5 Å². The van der Waals surface area contributed by atoms with Crippen molar-refractivity contribution in [2.45, 2.75) is 6.92 Å². The third kappa shape index (κ3) is 2.28. The van der Waals surface area contributed by atoms with Crippen LogP contribution in [0.3, 0.4) is 0 Å². The number of imidazole rings is 1. The van der Waals surface area contributed by atoms with Gasteiger partial charge in [0.2, 0.25) is 0 Å². The second kappa shape index (κ2) is 5.42. The quantitative estimate of drug-likeness (QED) is 0.589. The Morgan fingerprint density at radius 2 is 2.04 bits per heavy atom. The van der Waals surface area contributed by atoms with Crippen LogP contribution in [0.4, 0.5) is 0 Å². The number of pyridine rings is 1. The number of rotatable bonds is 3. The van der Waals surface area contributed by atoms with Gasteiger partial charge in [0.1, 0.15) is 0 Å². The van der Waals surface area contributed by atoms with Crippen molar-refractivity contribution in [1.29, 1.82) is 0 Å². The molecule has 0 aliphatic carbocycles. The molecule has 1 aromatic carbocycles. The molecule has 3 heterocycles. The molecule has 0 fully saturated rings. The highest BCUT2D eigenvalue weighted by molar-refractivity contribution is 5.88. The molecule has 0 unspecified atom stereocenters. The maximum Gasteiger partial charge on any atom is 0.185 e. The average molecular weight is 317 g/mol. The van der Waals surface area contributed by atoms with Crippen molar-refractivity contribution in [1.82, 2.24) is 24.7 Å². The number of aryl methyl sites for hydroxylation is 2. The van der Waals surface area contributed by atoms with Crippen LogP contribution in [0.2, 0.25) is 0 Å². The molecule has 0 bridgehead atoms. The number of carbonyl (C=O) groups is 1. The van der Waals surface area contributed by atoms with E-state index in [1.165, 1.54) is 0 Å². The van der Waals surface area contributed by atoms with Gasteiger partial charge < -0.3 is 4.98 Å². The van der Waals surface area contributed by atoms with Crippen LogP contribution in [0.1, 0.15) is 16.3 Å². The van der Waals surface area contributed by atoms with Gasteiger partial charge in [-0.15, -0.1) is 0 Å². The summed E-state index contributed by atoms with van der Waals surface area (Å²) in [6.07, 6.45) is 2.53. The Kier molecular flexibility index (Phi) is 3.23. The van der Waals surface area contributed by atoms with E-state index in [1.54, 1.807) is 0 Å². The summed E-state index contributed by atoms with van der Waals surface area (Å²) in [6, 6.07) is 11.8. The summed E-state index contributed by atoms with van der Waals surface area (Å²) in [6.45, 7) is 1.93. The normalized spacial score (nSPS) is 11.1. The van der Waals surface area contributed by atoms with Gasteiger partial charge in [-0.05, 0) is 31.2 Å². The molecule has 3 aromatic heterocycles. The molecule has 0 atom stereocenters. The Labute approximate surface area is 138 Å². The highest BCUT2D eigenvalue weighted by Gasteiger charge is 2.16. The van der Waals surface area contributed by atoms with E-state index >= 15 is 0 Å². The molecule has 6 nitrogen and oxygen atoms in total.